The molecule has 56 heavy (non-hydrogen) atoms. The van der Waals surface area contributed by atoms with Gasteiger partial charge in [0.1, 0.15) is 0 Å². The zero-order chi connectivity index (χ0) is 44.9. The Labute approximate surface area is 354 Å². The average molecular weight is 793 g/mol. The summed E-state index contributed by atoms with van der Waals surface area (Å²) < 4.78 is 10.9. The maximum atomic E-state index is 11.8. The van der Waals surface area contributed by atoms with Crippen LogP contribution in [0.25, 0.3) is 0 Å². The summed E-state index contributed by atoms with van der Waals surface area (Å²) in [5.41, 5.74) is 5.44. The van der Waals surface area contributed by atoms with Gasteiger partial charge >= 0.3 is 11.9 Å². The van der Waals surface area contributed by atoms with Gasteiger partial charge in [-0.2, -0.15) is 0 Å². The second-order valence-electron chi connectivity index (χ2n) is 19.8. The fourth-order valence-electron chi connectivity index (χ4n) is 5.94. The fraction of sp³-hybridized carbons (Fsp3) is 0.885. The third-order valence-electron chi connectivity index (χ3n) is 13.8. The van der Waals surface area contributed by atoms with Crippen LogP contribution in [0.4, 0.5) is 0 Å². The van der Waals surface area contributed by atoms with E-state index in [0.29, 0.717) is 46.7 Å². The summed E-state index contributed by atoms with van der Waals surface area (Å²) in [5.74, 6) is 1.58. The van der Waals surface area contributed by atoms with Crippen molar-refractivity contribution in [3.05, 3.63) is 22.3 Å². The largest absolute Gasteiger partial charge is 0.462 e. The van der Waals surface area contributed by atoms with Gasteiger partial charge in [0.15, 0.2) is 0 Å². The maximum Gasteiger partial charge on any atom is 0.333 e. The molecule has 336 valence electrons. The molecule has 0 saturated heterocycles. The maximum absolute atomic E-state index is 11.8. The summed E-state index contributed by atoms with van der Waals surface area (Å²) in [5, 5.41) is 0. The lowest BCUT2D eigenvalue weighted by molar-refractivity contribution is -0.141. The van der Waals surface area contributed by atoms with Crippen molar-refractivity contribution in [1.29, 1.82) is 0 Å². The fourth-order valence-corrected chi connectivity index (χ4v) is 5.94. The number of ether oxygens (including phenoxy) is 2. The highest BCUT2D eigenvalue weighted by Gasteiger charge is 2.26. The average Bonchev–Trinajstić information content (AvgIpc) is 3.19. The molecule has 2 atom stereocenters. The highest BCUT2D eigenvalue weighted by Crippen LogP contribution is 2.36. The second kappa shape index (κ2) is 32.3. The van der Waals surface area contributed by atoms with Gasteiger partial charge < -0.3 is 9.47 Å². The van der Waals surface area contributed by atoms with E-state index in [1.807, 2.05) is 41.5 Å². The van der Waals surface area contributed by atoms with Crippen molar-refractivity contribution in [1.82, 2.24) is 0 Å². The topological polar surface area (TPSA) is 52.6 Å². The summed E-state index contributed by atoms with van der Waals surface area (Å²) in [6, 6.07) is 0. The molecule has 0 aliphatic heterocycles. The van der Waals surface area contributed by atoms with Crippen LogP contribution in [0.15, 0.2) is 22.3 Å². The Balaban J connectivity index is -0.000000344. The monoisotopic (exact) mass is 793 g/mol. The van der Waals surface area contributed by atoms with Crippen molar-refractivity contribution >= 4 is 11.9 Å². The Morgan fingerprint density at radius 1 is 0.393 bits per heavy atom. The van der Waals surface area contributed by atoms with Gasteiger partial charge in [0.05, 0.1) is 13.2 Å². The van der Waals surface area contributed by atoms with Crippen LogP contribution in [0, 0.1) is 39.4 Å². The van der Waals surface area contributed by atoms with E-state index in [0.717, 1.165) is 53.9 Å². The van der Waals surface area contributed by atoms with E-state index in [1.165, 1.54) is 64.2 Å². The van der Waals surface area contributed by atoms with E-state index in [4.69, 9.17) is 9.47 Å². The van der Waals surface area contributed by atoms with Gasteiger partial charge in [0.25, 0.3) is 0 Å². The molecule has 0 amide bonds. The Hall–Kier alpha value is -1.58. The van der Waals surface area contributed by atoms with Crippen LogP contribution in [0.1, 0.15) is 249 Å². The van der Waals surface area contributed by atoms with Gasteiger partial charge in [-0.25, -0.2) is 9.59 Å². The minimum atomic E-state index is -0.159. The van der Waals surface area contributed by atoms with Crippen molar-refractivity contribution in [2.75, 3.05) is 13.2 Å². The molecule has 0 aliphatic rings. The summed E-state index contributed by atoms with van der Waals surface area (Å²) in [4.78, 5) is 23.7. The predicted molar refractivity (Wildman–Crippen MR) is 251 cm³/mol. The number of carbonyl (C=O) groups is 2. The van der Waals surface area contributed by atoms with E-state index in [9.17, 15) is 9.59 Å². The van der Waals surface area contributed by atoms with Gasteiger partial charge in [-0.15, -0.1) is 0 Å². The number of rotatable bonds is 22. The van der Waals surface area contributed by atoms with Crippen LogP contribution >= 0.6 is 0 Å². The standard InChI is InChI=1S/2C17H32O2.C12H26.C6H14/c2*1-8-15(11-17(7,9-2)10-3)12-19-16(18)14(6)13(4)5;1-6-11(7-2)10-12(5,8-3)9-4;1-5-6(2,3)4/h2*15H,8-12H2,1-7H3;11H,6-10H2,1-5H3;5H2,1-4H3. The van der Waals surface area contributed by atoms with Crippen LogP contribution < -0.4 is 0 Å². The lowest BCUT2D eigenvalue weighted by Crippen LogP contribution is -2.23. The Bertz CT molecular complexity index is 983. The van der Waals surface area contributed by atoms with Gasteiger partial charge in [-0.3, -0.25) is 0 Å². The van der Waals surface area contributed by atoms with Crippen molar-refractivity contribution in [3.8, 4) is 0 Å². The molecule has 0 aromatic carbocycles. The first-order valence-electron chi connectivity index (χ1n) is 23.4. The number of hydrogen-bond donors (Lipinski definition) is 0. The molecule has 0 radical (unpaired) electrons. The molecule has 0 aromatic rings. The second-order valence-corrected chi connectivity index (χ2v) is 19.8. The highest BCUT2D eigenvalue weighted by atomic mass is 16.5. The Kier molecular flexibility index (Phi) is 35.2. The minimum absolute atomic E-state index is 0.159. The number of hydrogen-bond acceptors (Lipinski definition) is 4. The molecule has 0 N–H and O–H groups in total. The summed E-state index contributed by atoms with van der Waals surface area (Å²) >= 11 is 0. The van der Waals surface area contributed by atoms with E-state index in [2.05, 4.69) is 118 Å². The van der Waals surface area contributed by atoms with Gasteiger partial charge in [0, 0.05) is 11.1 Å². The van der Waals surface area contributed by atoms with Crippen molar-refractivity contribution in [2.24, 2.45) is 39.4 Å². The summed E-state index contributed by atoms with van der Waals surface area (Å²) in [6.45, 7) is 51.2. The van der Waals surface area contributed by atoms with Crippen LogP contribution in [0.3, 0.4) is 0 Å². The first-order chi connectivity index (χ1) is 25.8. The highest BCUT2D eigenvalue weighted by molar-refractivity contribution is 5.88. The third-order valence-corrected chi connectivity index (χ3v) is 13.8. The first-order valence-corrected chi connectivity index (χ1v) is 23.4. The van der Waals surface area contributed by atoms with Crippen LogP contribution in [0.5, 0.6) is 0 Å². The van der Waals surface area contributed by atoms with Crippen LogP contribution in [-0.2, 0) is 19.1 Å². The molecule has 0 spiro atoms. The van der Waals surface area contributed by atoms with Crippen molar-refractivity contribution in [2.45, 2.75) is 249 Å². The third kappa shape index (κ3) is 29.6. The lowest BCUT2D eigenvalue weighted by Gasteiger charge is -2.31. The molecule has 0 saturated carbocycles. The van der Waals surface area contributed by atoms with E-state index >= 15 is 0 Å². The van der Waals surface area contributed by atoms with Crippen molar-refractivity contribution < 1.29 is 19.1 Å². The predicted octanol–water partition coefficient (Wildman–Crippen LogP) is 17.3. The molecule has 0 rings (SSSR count). The Morgan fingerprint density at radius 2 is 0.607 bits per heavy atom. The van der Waals surface area contributed by atoms with Crippen LogP contribution in [-0.4, -0.2) is 25.2 Å². The molecule has 0 aliphatic carbocycles. The lowest BCUT2D eigenvalue weighted by atomic mass is 9.75. The van der Waals surface area contributed by atoms with Crippen LogP contribution in [0.2, 0.25) is 0 Å². The number of esters is 2. The SMILES string of the molecule is CCC(C)(C)C.CCC(CC)CC(C)(CC)CC.CCC(COC(=O)C(C)=C(C)C)CC(C)(CC)CC.CCC(COC(=O)C(C)=C(C)C)CC(C)(CC)CC. The van der Waals surface area contributed by atoms with Crippen molar-refractivity contribution in [3.63, 3.8) is 0 Å². The molecule has 0 aromatic heterocycles. The molecule has 4 heteroatoms. The van der Waals surface area contributed by atoms with E-state index in [-0.39, 0.29) is 11.9 Å². The normalized spacial score (nSPS) is 12.8. The molecule has 0 heterocycles. The van der Waals surface area contributed by atoms with E-state index < -0.39 is 0 Å². The smallest absolute Gasteiger partial charge is 0.333 e. The molecular weight excluding hydrogens is 689 g/mol. The first kappa shape index (κ1) is 61.1. The zero-order valence-electron chi connectivity index (χ0n) is 42.7. The van der Waals surface area contributed by atoms with Gasteiger partial charge in [-0.1, -0.05) is 199 Å². The zero-order valence-corrected chi connectivity index (χ0v) is 42.7. The van der Waals surface area contributed by atoms with Gasteiger partial charge in [0.2, 0.25) is 0 Å². The summed E-state index contributed by atoms with van der Waals surface area (Å²) in [7, 11) is 0. The number of carbonyl (C=O) groups excluding carboxylic acids is 2. The quantitative estimate of drug-likeness (QED) is 0.0809. The van der Waals surface area contributed by atoms with E-state index in [1.54, 1.807) is 0 Å². The van der Waals surface area contributed by atoms with Gasteiger partial charge in [-0.05, 0) is 100 Å². The number of allylic oxidation sites excluding steroid dienone is 2. The molecule has 4 nitrogen and oxygen atoms in total. The summed E-state index contributed by atoms with van der Waals surface area (Å²) in [6.07, 6.45) is 17.2. The Morgan fingerprint density at radius 3 is 0.768 bits per heavy atom. The molecular formula is C52H104O4. The minimum Gasteiger partial charge on any atom is -0.462 e. The molecule has 0 fully saturated rings. The molecule has 2 unspecified atom stereocenters. The molecule has 0 bridgehead atoms.